The Hall–Kier alpha value is -2.39. The van der Waals surface area contributed by atoms with Crippen LogP contribution in [0.5, 0.6) is 0 Å². The number of aryl methyl sites for hydroxylation is 2. The van der Waals surface area contributed by atoms with Gasteiger partial charge in [-0.05, 0) is 77.8 Å². The van der Waals surface area contributed by atoms with Crippen molar-refractivity contribution in [2.75, 3.05) is 32.4 Å². The monoisotopic (exact) mass is 601 g/mol. The average Bonchev–Trinajstić information content (AvgIpc) is 3.48. The number of carbonyl (C=O) groups excluding carboxylic acids is 3. The van der Waals surface area contributed by atoms with Crippen molar-refractivity contribution >= 4 is 74.8 Å². The fraction of sp³-hybridized carbons (Fsp3) is 0.379. The van der Waals surface area contributed by atoms with E-state index < -0.39 is 0 Å². The molecule has 204 valence electrons. The fourth-order valence-electron chi connectivity index (χ4n) is 5.47. The van der Waals surface area contributed by atoms with Gasteiger partial charge in [0.25, 0.3) is 0 Å². The van der Waals surface area contributed by atoms with E-state index in [1.165, 1.54) is 33.4 Å². The summed E-state index contributed by atoms with van der Waals surface area (Å²) in [7, 11) is 1.89. The Labute approximate surface area is 248 Å². The predicted octanol–water partition coefficient (Wildman–Crippen LogP) is 5.55. The van der Waals surface area contributed by atoms with E-state index in [0.717, 1.165) is 30.4 Å². The molecule has 39 heavy (non-hydrogen) atoms. The highest BCUT2D eigenvalue weighted by molar-refractivity contribution is 8.23. The smallest absolute Gasteiger partial charge is 0.242 e. The molecule has 0 saturated carbocycles. The highest BCUT2D eigenvalue weighted by Gasteiger charge is 2.31. The number of rotatable bonds is 7. The first-order valence-corrected chi connectivity index (χ1v) is 15.1. The maximum atomic E-state index is 13.1. The lowest BCUT2D eigenvalue weighted by molar-refractivity contribution is -0.135. The molecular formula is C29H29Cl2N3O3S2. The van der Waals surface area contributed by atoms with Crippen LogP contribution in [-0.4, -0.2) is 69.2 Å². The molecule has 2 aliphatic heterocycles. The third-order valence-corrected chi connectivity index (χ3v) is 9.54. The van der Waals surface area contributed by atoms with Crippen molar-refractivity contribution in [2.24, 2.45) is 0 Å². The molecule has 0 aromatic heterocycles. The van der Waals surface area contributed by atoms with Crippen LogP contribution in [0.3, 0.4) is 0 Å². The SMILES string of the molecule is CN(C(=O)CCc1cc(Cl)cc(Cl)c1)C1CCc2ccc(C3=CCN(C(=O)CN4C(=O)CSC4=S)CC3)cc21. The quantitative estimate of drug-likeness (QED) is 0.389. The van der Waals surface area contributed by atoms with E-state index in [2.05, 4.69) is 24.3 Å². The summed E-state index contributed by atoms with van der Waals surface area (Å²) in [5.74, 6) is 0.219. The van der Waals surface area contributed by atoms with Crippen LogP contribution in [0.2, 0.25) is 10.0 Å². The first-order valence-electron chi connectivity index (χ1n) is 13.0. The molecule has 1 unspecified atom stereocenters. The minimum absolute atomic E-state index is 0.0130. The minimum atomic E-state index is -0.100. The molecule has 1 aliphatic carbocycles. The Morgan fingerprint density at radius 1 is 1.13 bits per heavy atom. The normalized spacial score (nSPS) is 18.8. The fourth-order valence-corrected chi connectivity index (χ4v) is 7.11. The van der Waals surface area contributed by atoms with Crippen molar-refractivity contribution in [3.63, 3.8) is 0 Å². The molecule has 1 fully saturated rings. The zero-order chi connectivity index (χ0) is 27.7. The van der Waals surface area contributed by atoms with Crippen LogP contribution >= 0.6 is 47.2 Å². The zero-order valence-electron chi connectivity index (χ0n) is 21.6. The van der Waals surface area contributed by atoms with Gasteiger partial charge < -0.3 is 9.80 Å². The topological polar surface area (TPSA) is 60.9 Å². The second-order valence-corrected chi connectivity index (χ2v) is 12.6. The van der Waals surface area contributed by atoms with Crippen LogP contribution in [0.25, 0.3) is 5.57 Å². The van der Waals surface area contributed by atoms with Crippen LogP contribution in [0, 0.1) is 0 Å². The number of halogens is 2. The van der Waals surface area contributed by atoms with E-state index >= 15 is 0 Å². The maximum absolute atomic E-state index is 13.1. The number of hydrogen-bond donors (Lipinski definition) is 0. The predicted molar refractivity (Wildman–Crippen MR) is 161 cm³/mol. The molecule has 2 aromatic rings. The van der Waals surface area contributed by atoms with Crippen molar-refractivity contribution in [3.05, 3.63) is 74.8 Å². The van der Waals surface area contributed by atoms with E-state index in [0.29, 0.717) is 46.0 Å². The zero-order valence-corrected chi connectivity index (χ0v) is 24.8. The molecule has 3 amide bonds. The summed E-state index contributed by atoms with van der Waals surface area (Å²) in [5.41, 5.74) is 5.76. The molecule has 2 heterocycles. The van der Waals surface area contributed by atoms with E-state index in [9.17, 15) is 14.4 Å². The molecule has 3 aliphatic rings. The number of thioether (sulfide) groups is 1. The van der Waals surface area contributed by atoms with Crippen LogP contribution in [0.1, 0.15) is 47.6 Å². The second-order valence-electron chi connectivity index (χ2n) is 10.1. The van der Waals surface area contributed by atoms with E-state index in [-0.39, 0.29) is 30.3 Å². The summed E-state index contributed by atoms with van der Waals surface area (Å²) in [6.07, 6.45) is 5.65. The third kappa shape index (κ3) is 6.35. The first kappa shape index (κ1) is 28.1. The molecular weight excluding hydrogens is 573 g/mol. The van der Waals surface area contributed by atoms with E-state index in [1.807, 2.05) is 24.1 Å². The lowest BCUT2D eigenvalue weighted by Gasteiger charge is -2.29. The lowest BCUT2D eigenvalue weighted by Crippen LogP contribution is -2.43. The summed E-state index contributed by atoms with van der Waals surface area (Å²) < 4.78 is 0.478. The van der Waals surface area contributed by atoms with E-state index in [4.69, 9.17) is 35.4 Å². The van der Waals surface area contributed by atoms with Gasteiger partial charge in [-0.15, -0.1) is 0 Å². The molecule has 1 atom stereocenters. The molecule has 1 saturated heterocycles. The molecule has 0 radical (unpaired) electrons. The van der Waals surface area contributed by atoms with E-state index in [1.54, 1.807) is 11.0 Å². The van der Waals surface area contributed by atoms with Gasteiger partial charge in [0.2, 0.25) is 17.7 Å². The Morgan fingerprint density at radius 3 is 2.56 bits per heavy atom. The van der Waals surface area contributed by atoms with Crippen LogP contribution in [0.4, 0.5) is 0 Å². The minimum Gasteiger partial charge on any atom is -0.339 e. The number of nitrogens with zero attached hydrogens (tertiary/aromatic N) is 3. The lowest BCUT2D eigenvalue weighted by atomic mass is 9.95. The van der Waals surface area contributed by atoms with Gasteiger partial charge in [0, 0.05) is 36.6 Å². The Morgan fingerprint density at radius 2 is 1.90 bits per heavy atom. The molecule has 5 rings (SSSR count). The van der Waals surface area contributed by atoms with Crippen molar-refractivity contribution in [2.45, 2.75) is 38.1 Å². The van der Waals surface area contributed by atoms with Crippen LogP contribution < -0.4 is 0 Å². The van der Waals surface area contributed by atoms with Gasteiger partial charge >= 0.3 is 0 Å². The summed E-state index contributed by atoms with van der Waals surface area (Å²) in [5, 5.41) is 1.15. The summed E-state index contributed by atoms with van der Waals surface area (Å²) in [4.78, 5) is 42.9. The highest BCUT2D eigenvalue weighted by Crippen LogP contribution is 2.38. The van der Waals surface area contributed by atoms with Gasteiger partial charge in [-0.25, -0.2) is 0 Å². The van der Waals surface area contributed by atoms with Gasteiger partial charge in [0.05, 0.1) is 11.8 Å². The van der Waals surface area contributed by atoms with Crippen molar-refractivity contribution < 1.29 is 14.4 Å². The number of carbonyl (C=O) groups is 3. The van der Waals surface area contributed by atoms with Crippen molar-refractivity contribution in [1.82, 2.24) is 14.7 Å². The highest BCUT2D eigenvalue weighted by atomic mass is 35.5. The van der Waals surface area contributed by atoms with Crippen molar-refractivity contribution in [1.29, 1.82) is 0 Å². The van der Waals surface area contributed by atoms with Gasteiger partial charge in [-0.1, -0.05) is 65.4 Å². The number of hydrogen-bond acceptors (Lipinski definition) is 5. The third-order valence-electron chi connectivity index (χ3n) is 7.67. The number of fused-ring (bicyclic) bond motifs is 1. The van der Waals surface area contributed by atoms with Gasteiger partial charge in [-0.2, -0.15) is 0 Å². The summed E-state index contributed by atoms with van der Waals surface area (Å²) in [6, 6.07) is 12.0. The average molecular weight is 603 g/mol. The maximum Gasteiger partial charge on any atom is 0.242 e. The molecule has 2 aromatic carbocycles. The number of thiocarbonyl (C=S) groups is 1. The molecule has 0 spiro atoms. The van der Waals surface area contributed by atoms with Gasteiger partial charge in [-0.3, -0.25) is 19.3 Å². The van der Waals surface area contributed by atoms with Crippen LogP contribution in [0.15, 0.2) is 42.5 Å². The van der Waals surface area contributed by atoms with Gasteiger partial charge in [0.15, 0.2) is 0 Å². The largest absolute Gasteiger partial charge is 0.339 e. The Bertz CT molecular complexity index is 1340. The number of amides is 3. The van der Waals surface area contributed by atoms with Crippen molar-refractivity contribution in [3.8, 4) is 0 Å². The summed E-state index contributed by atoms with van der Waals surface area (Å²) in [6.45, 7) is 1.11. The molecule has 0 N–H and O–H groups in total. The molecule has 10 heteroatoms. The summed E-state index contributed by atoms with van der Waals surface area (Å²) >= 11 is 18.7. The van der Waals surface area contributed by atoms with Crippen LogP contribution in [-0.2, 0) is 27.2 Å². The standard InChI is InChI=1S/C29H29Cl2N3O3S2/c1-32(26(35)7-2-18-12-22(30)15-23(31)13-18)25-6-5-20-3-4-21(14-24(20)25)19-8-10-33(11-9-19)27(36)16-34-28(37)17-39-29(34)38/h3-4,8,12-15,25H,2,5-7,9-11,16-17H2,1H3. The first-order chi connectivity index (χ1) is 18.7. The van der Waals surface area contributed by atoms with Gasteiger partial charge in [0.1, 0.15) is 10.9 Å². The molecule has 6 nitrogen and oxygen atoms in total. The second kappa shape index (κ2) is 12.0. The Balaban J connectivity index is 1.22. The molecule has 0 bridgehead atoms. The number of benzene rings is 2. The Kier molecular flexibility index (Phi) is 8.66.